The van der Waals surface area contributed by atoms with E-state index in [1.54, 1.807) is 0 Å². The first kappa shape index (κ1) is 19.8. The highest BCUT2D eigenvalue weighted by molar-refractivity contribution is 5.85. The van der Waals surface area contributed by atoms with Crippen LogP contribution in [0.5, 0.6) is 17.2 Å². The largest absolute Gasteiger partial charge is 0.486 e. The molecule has 0 bridgehead atoms. The van der Waals surface area contributed by atoms with Crippen molar-refractivity contribution in [3.63, 3.8) is 0 Å². The van der Waals surface area contributed by atoms with E-state index >= 15 is 0 Å². The number of alkyl halides is 3. The van der Waals surface area contributed by atoms with E-state index in [9.17, 15) is 22.8 Å². The molecule has 0 fully saturated rings. The van der Waals surface area contributed by atoms with Crippen LogP contribution in [0.25, 0.3) is 22.1 Å². The van der Waals surface area contributed by atoms with Crippen molar-refractivity contribution in [3.8, 4) is 28.4 Å². The Balaban J connectivity index is 1.93. The van der Waals surface area contributed by atoms with Crippen LogP contribution in [0, 0.1) is 0 Å². The number of benzene rings is 2. The number of hydrogen-bond donors (Lipinski definition) is 1. The van der Waals surface area contributed by atoms with Gasteiger partial charge in [-0.3, -0.25) is 9.59 Å². The second-order valence-electron chi connectivity index (χ2n) is 6.33. The van der Waals surface area contributed by atoms with Crippen LogP contribution in [0.2, 0.25) is 0 Å². The Hall–Kier alpha value is -3.53. The van der Waals surface area contributed by atoms with E-state index in [4.69, 9.17) is 24.4 Å². The van der Waals surface area contributed by atoms with E-state index in [0.717, 1.165) is 6.07 Å². The summed E-state index contributed by atoms with van der Waals surface area (Å²) in [6.45, 7) is 0.132. The zero-order valence-electron chi connectivity index (χ0n) is 15.2. The summed E-state index contributed by atoms with van der Waals surface area (Å²) in [5, 5.41) is -0.111. The van der Waals surface area contributed by atoms with Gasteiger partial charge in [0.15, 0.2) is 11.5 Å². The minimum atomic E-state index is -4.96. The van der Waals surface area contributed by atoms with Crippen molar-refractivity contribution in [1.82, 2.24) is 0 Å². The summed E-state index contributed by atoms with van der Waals surface area (Å²) in [6.07, 6.45) is -4.96. The fraction of sp³-hybridized carbons (Fsp3) is 0.200. The third kappa shape index (κ3) is 3.57. The SMILES string of the molecule is NCC(=O)Oc1ccc2c(=O)c(-c3ccc4c(c3)OCCO4)c(C(F)(F)F)oc2c1. The maximum absolute atomic E-state index is 13.8. The van der Waals surface area contributed by atoms with Crippen LogP contribution in [0.4, 0.5) is 13.2 Å². The van der Waals surface area contributed by atoms with Gasteiger partial charge in [-0.1, -0.05) is 6.07 Å². The second-order valence-corrected chi connectivity index (χ2v) is 6.33. The molecule has 0 amide bonds. The van der Waals surface area contributed by atoms with Crippen LogP contribution < -0.4 is 25.4 Å². The molecule has 2 aromatic carbocycles. The van der Waals surface area contributed by atoms with E-state index in [-0.39, 0.29) is 34.6 Å². The Bertz CT molecular complexity index is 1200. The van der Waals surface area contributed by atoms with E-state index in [0.29, 0.717) is 12.4 Å². The van der Waals surface area contributed by atoms with Crippen LogP contribution >= 0.6 is 0 Å². The van der Waals surface area contributed by atoms with E-state index in [2.05, 4.69) is 0 Å². The van der Waals surface area contributed by atoms with Gasteiger partial charge in [0.05, 0.1) is 17.5 Å². The van der Waals surface area contributed by atoms with Crippen molar-refractivity contribution >= 4 is 16.9 Å². The molecule has 10 heteroatoms. The fourth-order valence-electron chi connectivity index (χ4n) is 3.07. The van der Waals surface area contributed by atoms with Gasteiger partial charge in [-0.25, -0.2) is 0 Å². The molecule has 0 atom stereocenters. The molecule has 0 saturated carbocycles. The first-order valence-corrected chi connectivity index (χ1v) is 8.77. The lowest BCUT2D eigenvalue weighted by molar-refractivity contribution is -0.152. The number of fused-ring (bicyclic) bond motifs is 2. The van der Waals surface area contributed by atoms with Crippen molar-refractivity contribution in [2.45, 2.75) is 6.18 Å². The van der Waals surface area contributed by atoms with Crippen molar-refractivity contribution in [1.29, 1.82) is 0 Å². The summed E-state index contributed by atoms with van der Waals surface area (Å²) in [5.41, 5.74) is 3.20. The highest BCUT2D eigenvalue weighted by atomic mass is 19.4. The molecule has 7 nitrogen and oxygen atoms in total. The summed E-state index contributed by atoms with van der Waals surface area (Å²) in [7, 11) is 0. The predicted octanol–water partition coefficient (Wildman–Crippen LogP) is 3.11. The van der Waals surface area contributed by atoms with Crippen LogP contribution in [0.1, 0.15) is 5.76 Å². The van der Waals surface area contributed by atoms with E-state index < -0.39 is 35.4 Å². The maximum Gasteiger partial charge on any atom is 0.450 e. The Morgan fingerprint density at radius 1 is 1.07 bits per heavy atom. The molecule has 0 spiro atoms. The molecule has 1 aliphatic heterocycles. The molecule has 0 radical (unpaired) electrons. The molecule has 156 valence electrons. The zero-order valence-corrected chi connectivity index (χ0v) is 15.2. The number of halogens is 3. The molecular weight excluding hydrogens is 407 g/mol. The van der Waals surface area contributed by atoms with Crippen LogP contribution in [-0.4, -0.2) is 25.7 Å². The minimum absolute atomic E-state index is 0.0270. The van der Waals surface area contributed by atoms with Gasteiger partial charge in [0.1, 0.15) is 24.5 Å². The third-order valence-corrected chi connectivity index (χ3v) is 4.35. The fourth-order valence-corrected chi connectivity index (χ4v) is 3.07. The molecule has 2 N–H and O–H groups in total. The zero-order chi connectivity index (χ0) is 21.5. The molecule has 2 heterocycles. The molecule has 4 rings (SSSR count). The summed E-state index contributed by atoms with van der Waals surface area (Å²) in [5.74, 6) is -1.76. The van der Waals surface area contributed by atoms with Crippen LogP contribution in [0.3, 0.4) is 0 Å². The third-order valence-electron chi connectivity index (χ3n) is 4.35. The summed E-state index contributed by atoms with van der Waals surface area (Å²) < 4.78 is 62.0. The van der Waals surface area contributed by atoms with Crippen LogP contribution in [0.15, 0.2) is 45.6 Å². The summed E-state index contributed by atoms with van der Waals surface area (Å²) >= 11 is 0. The summed E-state index contributed by atoms with van der Waals surface area (Å²) in [6, 6.07) is 7.60. The monoisotopic (exact) mass is 421 g/mol. The molecule has 0 unspecified atom stereocenters. The number of ether oxygens (including phenoxy) is 3. The highest BCUT2D eigenvalue weighted by Gasteiger charge is 2.39. The van der Waals surface area contributed by atoms with Gasteiger partial charge in [0, 0.05) is 6.07 Å². The Kier molecular flexibility index (Phi) is 4.86. The van der Waals surface area contributed by atoms with E-state index in [1.165, 1.54) is 30.3 Å². The molecule has 3 aromatic rings. The number of hydrogen-bond acceptors (Lipinski definition) is 7. The molecule has 0 aliphatic carbocycles. The smallest absolute Gasteiger partial charge is 0.450 e. The second kappa shape index (κ2) is 7.38. The van der Waals surface area contributed by atoms with Crippen molar-refractivity contribution in [2.24, 2.45) is 5.73 Å². The lowest BCUT2D eigenvalue weighted by atomic mass is 10.0. The number of rotatable bonds is 3. The first-order valence-electron chi connectivity index (χ1n) is 8.77. The Labute approximate surface area is 166 Å². The lowest BCUT2D eigenvalue weighted by Gasteiger charge is -2.19. The number of carbonyl (C=O) groups is 1. The number of esters is 1. The van der Waals surface area contributed by atoms with Crippen LogP contribution in [-0.2, 0) is 11.0 Å². The van der Waals surface area contributed by atoms with E-state index in [1.807, 2.05) is 0 Å². The molecule has 1 aromatic heterocycles. The molecule has 30 heavy (non-hydrogen) atoms. The average Bonchev–Trinajstić information content (AvgIpc) is 2.72. The molecular formula is C20H14F3NO6. The minimum Gasteiger partial charge on any atom is -0.486 e. The lowest BCUT2D eigenvalue weighted by Crippen LogP contribution is -2.19. The van der Waals surface area contributed by atoms with Gasteiger partial charge in [-0.15, -0.1) is 0 Å². The molecule has 1 aliphatic rings. The topological polar surface area (TPSA) is 101 Å². The van der Waals surface area contributed by atoms with Gasteiger partial charge in [-0.05, 0) is 29.8 Å². The van der Waals surface area contributed by atoms with Crippen molar-refractivity contribution in [2.75, 3.05) is 19.8 Å². The van der Waals surface area contributed by atoms with Gasteiger partial charge in [0.25, 0.3) is 0 Å². The first-order chi connectivity index (χ1) is 14.3. The average molecular weight is 421 g/mol. The van der Waals surface area contributed by atoms with Gasteiger partial charge in [-0.2, -0.15) is 13.2 Å². The quantitative estimate of drug-likeness (QED) is 0.512. The number of carbonyl (C=O) groups excluding carboxylic acids is 1. The highest BCUT2D eigenvalue weighted by Crippen LogP contribution is 2.40. The van der Waals surface area contributed by atoms with Gasteiger partial charge in [0.2, 0.25) is 11.2 Å². The predicted molar refractivity (Wildman–Crippen MR) is 98.6 cm³/mol. The Morgan fingerprint density at radius 2 is 1.80 bits per heavy atom. The van der Waals surface area contributed by atoms with Crippen molar-refractivity contribution < 1.29 is 36.6 Å². The van der Waals surface area contributed by atoms with Gasteiger partial charge >= 0.3 is 12.1 Å². The normalized spacial score (nSPS) is 13.3. The Morgan fingerprint density at radius 3 is 2.50 bits per heavy atom. The standard InChI is InChI=1S/C20H14F3NO6/c21-20(22,23)19-17(10-1-4-13-15(7-10)28-6-5-27-13)18(26)12-3-2-11(8-14(12)30-19)29-16(25)9-24/h1-4,7-8H,5-6,9,24H2. The maximum atomic E-state index is 13.8. The number of nitrogens with two attached hydrogens (primary N) is 1. The summed E-state index contributed by atoms with van der Waals surface area (Å²) in [4.78, 5) is 24.3. The molecule has 0 saturated heterocycles. The van der Waals surface area contributed by atoms with Crippen molar-refractivity contribution in [3.05, 3.63) is 52.4 Å². The van der Waals surface area contributed by atoms with Gasteiger partial charge < -0.3 is 24.4 Å².